The van der Waals surface area contributed by atoms with E-state index in [2.05, 4.69) is 15.8 Å². The summed E-state index contributed by atoms with van der Waals surface area (Å²) >= 11 is 0. The zero-order valence-electron chi connectivity index (χ0n) is 17.9. The number of ether oxygens (including phenoxy) is 2. The van der Waals surface area contributed by atoms with Crippen LogP contribution in [-0.2, 0) is 11.3 Å². The number of halogens is 1. The topological polar surface area (TPSA) is 66.1 Å². The molecule has 0 saturated carbocycles. The SMILES string of the molecule is COc1ccc(C2CC(C(=O)N3CCN(Cc4cc(F)ccc4OC)CC3)NN2)cc1. The van der Waals surface area contributed by atoms with E-state index in [4.69, 9.17) is 9.47 Å². The third-order valence-corrected chi connectivity index (χ3v) is 6.04. The fraction of sp³-hybridized carbons (Fsp3) is 0.435. The summed E-state index contributed by atoms with van der Waals surface area (Å²) < 4.78 is 24.2. The predicted octanol–water partition coefficient (Wildman–Crippen LogP) is 2.09. The third kappa shape index (κ3) is 4.98. The molecular formula is C23H29FN4O3. The number of nitrogens with zero attached hydrogens (tertiary/aromatic N) is 2. The van der Waals surface area contributed by atoms with Gasteiger partial charge in [0.05, 0.1) is 14.2 Å². The maximum absolute atomic E-state index is 13.6. The normalized spacial score (nSPS) is 21.8. The van der Waals surface area contributed by atoms with Crippen LogP contribution in [0.25, 0.3) is 0 Å². The second-order valence-corrected chi connectivity index (χ2v) is 7.96. The lowest BCUT2D eigenvalue weighted by Gasteiger charge is -2.36. The first kappa shape index (κ1) is 21.5. The molecule has 0 aromatic heterocycles. The Morgan fingerprint density at radius 2 is 1.77 bits per heavy atom. The zero-order valence-corrected chi connectivity index (χ0v) is 17.9. The van der Waals surface area contributed by atoms with Crippen molar-refractivity contribution in [1.29, 1.82) is 0 Å². The Bertz CT molecular complexity index is 900. The number of methoxy groups -OCH3 is 2. The van der Waals surface area contributed by atoms with E-state index in [1.807, 2.05) is 29.2 Å². The smallest absolute Gasteiger partial charge is 0.241 e. The first-order chi connectivity index (χ1) is 15.1. The van der Waals surface area contributed by atoms with E-state index in [1.54, 1.807) is 20.3 Å². The third-order valence-electron chi connectivity index (χ3n) is 6.04. The van der Waals surface area contributed by atoms with Crippen LogP contribution in [0, 0.1) is 5.82 Å². The van der Waals surface area contributed by atoms with Crippen LogP contribution in [0.3, 0.4) is 0 Å². The minimum atomic E-state index is -0.268. The molecule has 2 aromatic carbocycles. The fourth-order valence-electron chi connectivity index (χ4n) is 4.23. The summed E-state index contributed by atoms with van der Waals surface area (Å²) in [6.45, 7) is 3.40. The molecule has 4 rings (SSSR count). The lowest BCUT2D eigenvalue weighted by molar-refractivity contribution is -0.135. The average molecular weight is 429 g/mol. The van der Waals surface area contributed by atoms with E-state index >= 15 is 0 Å². The minimum Gasteiger partial charge on any atom is -0.497 e. The van der Waals surface area contributed by atoms with Gasteiger partial charge in [-0.15, -0.1) is 0 Å². The number of hydrazine groups is 1. The molecule has 0 radical (unpaired) electrons. The molecule has 2 heterocycles. The van der Waals surface area contributed by atoms with Crippen LogP contribution in [0.15, 0.2) is 42.5 Å². The van der Waals surface area contributed by atoms with E-state index in [0.29, 0.717) is 31.8 Å². The highest BCUT2D eigenvalue weighted by atomic mass is 19.1. The van der Waals surface area contributed by atoms with Crippen molar-refractivity contribution >= 4 is 5.91 Å². The highest BCUT2D eigenvalue weighted by Gasteiger charge is 2.34. The lowest BCUT2D eigenvalue weighted by Crippen LogP contribution is -2.53. The molecular weight excluding hydrogens is 399 g/mol. The van der Waals surface area contributed by atoms with Crippen LogP contribution >= 0.6 is 0 Å². The molecule has 2 saturated heterocycles. The molecule has 2 aromatic rings. The first-order valence-electron chi connectivity index (χ1n) is 10.6. The number of nitrogens with one attached hydrogen (secondary N) is 2. The van der Waals surface area contributed by atoms with Gasteiger partial charge in [-0.2, -0.15) is 0 Å². The van der Waals surface area contributed by atoms with E-state index in [9.17, 15) is 9.18 Å². The van der Waals surface area contributed by atoms with E-state index < -0.39 is 0 Å². The Labute approximate surface area is 182 Å². The second-order valence-electron chi connectivity index (χ2n) is 7.96. The summed E-state index contributed by atoms with van der Waals surface area (Å²) in [5, 5.41) is 0. The van der Waals surface area contributed by atoms with Gasteiger partial charge in [0.25, 0.3) is 0 Å². The van der Waals surface area contributed by atoms with Crippen LogP contribution < -0.4 is 20.3 Å². The minimum absolute atomic E-state index is 0.0848. The summed E-state index contributed by atoms with van der Waals surface area (Å²) in [7, 11) is 3.24. The molecule has 0 bridgehead atoms. The predicted molar refractivity (Wildman–Crippen MR) is 115 cm³/mol. The number of benzene rings is 2. The van der Waals surface area contributed by atoms with Gasteiger partial charge in [-0.25, -0.2) is 15.2 Å². The van der Waals surface area contributed by atoms with Crippen molar-refractivity contribution in [3.05, 3.63) is 59.4 Å². The van der Waals surface area contributed by atoms with Gasteiger partial charge in [-0.05, 0) is 42.3 Å². The molecule has 8 heteroatoms. The molecule has 2 N–H and O–H groups in total. The van der Waals surface area contributed by atoms with E-state index in [0.717, 1.165) is 30.0 Å². The number of amides is 1. The number of hydrogen-bond acceptors (Lipinski definition) is 6. The molecule has 2 atom stereocenters. The van der Waals surface area contributed by atoms with Crippen molar-refractivity contribution in [3.63, 3.8) is 0 Å². The summed E-state index contributed by atoms with van der Waals surface area (Å²) in [6.07, 6.45) is 0.700. The van der Waals surface area contributed by atoms with Crippen molar-refractivity contribution < 1.29 is 18.7 Å². The van der Waals surface area contributed by atoms with Gasteiger partial charge in [-0.1, -0.05) is 12.1 Å². The van der Waals surface area contributed by atoms with Gasteiger partial charge in [-0.3, -0.25) is 9.69 Å². The molecule has 0 aliphatic carbocycles. The molecule has 2 fully saturated rings. The van der Waals surface area contributed by atoms with Gasteiger partial charge in [0, 0.05) is 44.3 Å². The fourth-order valence-corrected chi connectivity index (χ4v) is 4.23. The number of carbonyl (C=O) groups is 1. The van der Waals surface area contributed by atoms with Crippen molar-refractivity contribution in [2.75, 3.05) is 40.4 Å². The Morgan fingerprint density at radius 3 is 2.45 bits per heavy atom. The molecule has 2 unspecified atom stereocenters. The van der Waals surface area contributed by atoms with Gasteiger partial charge >= 0.3 is 0 Å². The van der Waals surface area contributed by atoms with Crippen LogP contribution in [0.2, 0.25) is 0 Å². The number of piperazine rings is 1. The van der Waals surface area contributed by atoms with Crippen molar-refractivity contribution in [3.8, 4) is 11.5 Å². The molecule has 31 heavy (non-hydrogen) atoms. The van der Waals surface area contributed by atoms with Gasteiger partial charge in [0.1, 0.15) is 23.4 Å². The summed E-state index contributed by atoms with van der Waals surface area (Å²) in [6, 6.07) is 12.3. The summed E-state index contributed by atoms with van der Waals surface area (Å²) in [5.74, 6) is 1.35. The largest absolute Gasteiger partial charge is 0.497 e. The number of rotatable bonds is 6. The molecule has 1 amide bonds. The maximum Gasteiger partial charge on any atom is 0.241 e. The van der Waals surface area contributed by atoms with Crippen molar-refractivity contribution in [2.45, 2.75) is 25.0 Å². The average Bonchev–Trinajstić information content (AvgIpc) is 3.30. The van der Waals surface area contributed by atoms with Crippen LogP contribution in [0.4, 0.5) is 4.39 Å². The van der Waals surface area contributed by atoms with Crippen molar-refractivity contribution in [1.82, 2.24) is 20.7 Å². The van der Waals surface area contributed by atoms with Crippen LogP contribution in [0.1, 0.15) is 23.6 Å². The molecule has 2 aliphatic rings. The highest BCUT2D eigenvalue weighted by molar-refractivity contribution is 5.82. The second kappa shape index (κ2) is 9.64. The first-order valence-corrected chi connectivity index (χ1v) is 10.6. The number of hydrogen-bond donors (Lipinski definition) is 2. The quantitative estimate of drug-likeness (QED) is 0.735. The number of carbonyl (C=O) groups excluding carboxylic acids is 1. The highest BCUT2D eigenvalue weighted by Crippen LogP contribution is 2.26. The zero-order chi connectivity index (χ0) is 21.8. The van der Waals surface area contributed by atoms with Gasteiger partial charge < -0.3 is 14.4 Å². The Balaban J connectivity index is 1.29. The van der Waals surface area contributed by atoms with Crippen LogP contribution in [0.5, 0.6) is 11.5 Å². The van der Waals surface area contributed by atoms with Crippen molar-refractivity contribution in [2.24, 2.45) is 0 Å². The van der Waals surface area contributed by atoms with E-state index in [-0.39, 0.29) is 23.8 Å². The van der Waals surface area contributed by atoms with Gasteiger partial charge in [0.2, 0.25) is 5.91 Å². The maximum atomic E-state index is 13.6. The molecule has 166 valence electrons. The molecule has 0 spiro atoms. The Kier molecular flexibility index (Phi) is 6.70. The standard InChI is InChI=1S/C23H29FN4O3/c1-30-19-6-3-16(4-7-19)20-14-21(26-25-20)23(29)28-11-9-27(10-12-28)15-17-13-18(24)5-8-22(17)31-2/h3-8,13,20-21,25-26H,9-12,14-15H2,1-2H3. The Hall–Kier alpha value is -2.68. The van der Waals surface area contributed by atoms with E-state index in [1.165, 1.54) is 12.1 Å². The van der Waals surface area contributed by atoms with Gasteiger partial charge in [0.15, 0.2) is 0 Å². The summed E-state index contributed by atoms with van der Waals surface area (Å²) in [4.78, 5) is 17.1. The Morgan fingerprint density at radius 1 is 1.03 bits per heavy atom. The summed E-state index contributed by atoms with van der Waals surface area (Å²) in [5.41, 5.74) is 8.35. The molecule has 7 nitrogen and oxygen atoms in total. The molecule has 2 aliphatic heterocycles. The monoisotopic (exact) mass is 428 g/mol. The van der Waals surface area contributed by atoms with Crippen LogP contribution in [-0.4, -0.2) is 62.1 Å². The lowest BCUT2D eigenvalue weighted by atomic mass is 10.0.